The number of nitrogens with one attached hydrogen (secondary N) is 4. The van der Waals surface area contributed by atoms with Crippen LogP contribution in [0, 0.1) is 20.2 Å². The lowest BCUT2D eigenvalue weighted by Gasteiger charge is -2.10. The number of anilines is 2. The molecule has 20 nitrogen and oxygen atoms in total. The summed E-state index contributed by atoms with van der Waals surface area (Å²) in [5.41, 5.74) is 1.11. The number of aromatic nitrogens is 4. The summed E-state index contributed by atoms with van der Waals surface area (Å²) in [6, 6.07) is 15.2. The normalized spacial score (nSPS) is 12.0. The number of carbonyl (C=O) groups is 2. The van der Waals surface area contributed by atoms with Gasteiger partial charge in [0.25, 0.3) is 31.6 Å². The molecule has 4 aromatic carbocycles. The number of nitrogens with zero attached hydrogens (tertiary/aromatic N) is 4. The quantitative estimate of drug-likeness (QED) is 0.0264. The molecule has 6 N–H and O–H groups in total. The number of amides is 2. The van der Waals surface area contributed by atoms with E-state index < -0.39 is 51.7 Å². The fraction of sp³-hybridized carbons (Fsp3) is 0.0625. The molecule has 0 aliphatic carbocycles. The summed E-state index contributed by atoms with van der Waals surface area (Å²) in [4.78, 5) is 59.2. The van der Waals surface area contributed by atoms with Crippen LogP contribution >= 0.6 is 23.5 Å². The third-order valence-electron chi connectivity index (χ3n) is 7.58. The van der Waals surface area contributed by atoms with Crippen LogP contribution in [0.15, 0.2) is 92.9 Å². The Bertz CT molecular complexity index is 2650. The first-order valence-corrected chi connectivity index (χ1v) is 20.3. The summed E-state index contributed by atoms with van der Waals surface area (Å²) in [7, 11) is -9.79. The van der Waals surface area contributed by atoms with Crippen LogP contribution in [0.2, 0.25) is 0 Å². The second-order valence-corrected chi connectivity index (χ2v) is 16.2. The predicted molar refractivity (Wildman–Crippen MR) is 206 cm³/mol. The van der Waals surface area contributed by atoms with Gasteiger partial charge in [0, 0.05) is 35.6 Å². The Hall–Kier alpha value is -6.18. The van der Waals surface area contributed by atoms with Gasteiger partial charge >= 0.3 is 0 Å². The molecular weight excluding hydrogens is 817 g/mol. The summed E-state index contributed by atoms with van der Waals surface area (Å²) in [5, 5.41) is 27.6. The van der Waals surface area contributed by atoms with Crippen molar-refractivity contribution in [1.82, 2.24) is 19.9 Å². The number of hydrogen-bond acceptors (Lipinski definition) is 14. The lowest BCUT2D eigenvalue weighted by Crippen LogP contribution is -2.15. The van der Waals surface area contributed by atoms with Crippen LogP contribution in [-0.4, -0.2) is 79.0 Å². The number of rotatable bonds is 14. The second-order valence-electron chi connectivity index (χ2n) is 11.5. The summed E-state index contributed by atoms with van der Waals surface area (Å²) in [5.74, 6) is -1.57. The predicted octanol–water partition coefficient (Wildman–Crippen LogP) is 5.38. The zero-order valence-electron chi connectivity index (χ0n) is 27.9. The van der Waals surface area contributed by atoms with Gasteiger partial charge in [0.15, 0.2) is 10.3 Å². The summed E-state index contributed by atoms with van der Waals surface area (Å²) >= 11 is 1.95. The van der Waals surface area contributed by atoms with Gasteiger partial charge in [-0.25, -0.2) is 9.97 Å². The van der Waals surface area contributed by atoms with E-state index in [1.165, 1.54) is 60.7 Å². The first-order chi connectivity index (χ1) is 26.4. The SMILES string of the molecule is O=C(CSc1nc2ccc([N+](=O)[O-])cc2[nH]1)Nc1ccc(/C=C/c2ccc(NC(=O)CSc3nc4ccc([N+](=O)[O-])cc4[nH]3)cc2S(=O)(=O)O)c(S(=O)(=O)O)c1. The van der Waals surface area contributed by atoms with Gasteiger partial charge < -0.3 is 20.6 Å². The highest BCUT2D eigenvalue weighted by molar-refractivity contribution is 8.00. The molecule has 56 heavy (non-hydrogen) atoms. The molecule has 6 aromatic rings. The van der Waals surface area contributed by atoms with Crippen LogP contribution in [0.5, 0.6) is 0 Å². The van der Waals surface area contributed by atoms with E-state index in [1.807, 2.05) is 0 Å². The van der Waals surface area contributed by atoms with Crippen molar-refractivity contribution >= 4 is 113 Å². The Balaban J connectivity index is 1.12. The van der Waals surface area contributed by atoms with Gasteiger partial charge in [-0.1, -0.05) is 47.8 Å². The second kappa shape index (κ2) is 15.9. The fourth-order valence-electron chi connectivity index (χ4n) is 5.10. The molecule has 0 saturated carbocycles. The lowest BCUT2D eigenvalue weighted by atomic mass is 10.1. The maximum atomic E-state index is 12.7. The molecule has 0 aliphatic rings. The van der Waals surface area contributed by atoms with Crippen molar-refractivity contribution in [2.75, 3.05) is 22.1 Å². The molecule has 2 aromatic heterocycles. The fourth-order valence-corrected chi connectivity index (χ4v) is 7.89. The summed E-state index contributed by atoms with van der Waals surface area (Å²) in [6.45, 7) is 0. The van der Waals surface area contributed by atoms with Gasteiger partial charge in [-0.2, -0.15) is 16.8 Å². The number of imidazole rings is 2. The number of non-ortho nitro benzene ring substituents is 2. The van der Waals surface area contributed by atoms with Gasteiger partial charge in [-0.15, -0.1) is 0 Å². The zero-order valence-corrected chi connectivity index (χ0v) is 31.2. The van der Waals surface area contributed by atoms with E-state index in [0.717, 1.165) is 47.8 Å². The monoisotopic (exact) mass is 840 g/mol. The molecule has 2 heterocycles. The topological polar surface area (TPSA) is 311 Å². The highest BCUT2D eigenvalue weighted by Gasteiger charge is 2.20. The first-order valence-electron chi connectivity index (χ1n) is 15.5. The highest BCUT2D eigenvalue weighted by atomic mass is 32.2. The molecule has 2 amide bonds. The number of benzene rings is 4. The zero-order chi connectivity index (χ0) is 40.4. The lowest BCUT2D eigenvalue weighted by molar-refractivity contribution is -0.384. The number of thioether (sulfide) groups is 2. The largest absolute Gasteiger partial charge is 0.333 e. The maximum Gasteiger partial charge on any atom is 0.295 e. The maximum absolute atomic E-state index is 12.7. The van der Waals surface area contributed by atoms with Crippen molar-refractivity contribution in [2.24, 2.45) is 0 Å². The van der Waals surface area contributed by atoms with E-state index >= 15 is 0 Å². The molecule has 0 saturated heterocycles. The molecule has 6 rings (SSSR count). The van der Waals surface area contributed by atoms with E-state index in [4.69, 9.17) is 0 Å². The number of aromatic amines is 2. The van der Waals surface area contributed by atoms with Crippen LogP contribution in [0.3, 0.4) is 0 Å². The molecule has 0 bridgehead atoms. The van der Waals surface area contributed by atoms with Gasteiger partial charge in [0.2, 0.25) is 11.8 Å². The Labute approximate surface area is 323 Å². The highest BCUT2D eigenvalue weighted by Crippen LogP contribution is 2.28. The van der Waals surface area contributed by atoms with Crippen molar-refractivity contribution in [2.45, 2.75) is 20.1 Å². The Morgan fingerprint density at radius 3 is 1.41 bits per heavy atom. The van der Waals surface area contributed by atoms with Crippen LogP contribution in [0.4, 0.5) is 22.7 Å². The van der Waals surface area contributed by atoms with Crippen molar-refractivity contribution < 1.29 is 45.4 Å². The van der Waals surface area contributed by atoms with Gasteiger partial charge in [-0.3, -0.25) is 38.9 Å². The number of H-pyrrole nitrogens is 2. The number of nitro benzene ring substituents is 2. The van der Waals surface area contributed by atoms with Crippen LogP contribution in [0.1, 0.15) is 11.1 Å². The van der Waals surface area contributed by atoms with Gasteiger partial charge in [0.1, 0.15) is 9.79 Å². The molecule has 0 spiro atoms. The average Bonchev–Trinajstić information content (AvgIpc) is 3.75. The minimum absolute atomic E-state index is 0.0122. The van der Waals surface area contributed by atoms with E-state index in [0.29, 0.717) is 32.4 Å². The molecule has 288 valence electrons. The summed E-state index contributed by atoms with van der Waals surface area (Å²) in [6.07, 6.45) is 2.30. The van der Waals surface area contributed by atoms with Gasteiger partial charge in [-0.05, 0) is 47.5 Å². The van der Waals surface area contributed by atoms with Crippen LogP contribution in [-0.2, 0) is 29.8 Å². The molecule has 0 fully saturated rings. The number of carbonyl (C=O) groups excluding carboxylic acids is 2. The van der Waals surface area contributed by atoms with Crippen molar-refractivity contribution in [3.63, 3.8) is 0 Å². The average molecular weight is 841 g/mol. The standard InChI is InChI=1S/C32H24N8O12S4/c41-29(15-53-31-35-23-9-7-21(39(43)44)13-25(23)37-31)33-19-5-3-17(27(11-19)55(47,48)49)1-2-18-4-6-20(12-28(18)56(50,51)52)34-30(42)16-54-32-36-24-10-8-22(40(45)46)14-26(24)38-32/h1-14H,15-16H2,(H,33,41)(H,34,42)(H,35,37)(H,36,38)(H,47,48,49)(H,50,51,52)/b2-1+. The Morgan fingerprint density at radius 1 is 0.661 bits per heavy atom. The minimum atomic E-state index is -4.89. The van der Waals surface area contributed by atoms with Crippen molar-refractivity contribution in [1.29, 1.82) is 0 Å². The van der Waals surface area contributed by atoms with Gasteiger partial charge in [0.05, 0.1) is 43.4 Å². The van der Waals surface area contributed by atoms with Crippen molar-refractivity contribution in [3.8, 4) is 0 Å². The number of fused-ring (bicyclic) bond motifs is 2. The third-order valence-corrected chi connectivity index (χ3v) is 11.1. The number of hydrogen-bond donors (Lipinski definition) is 6. The molecule has 24 heteroatoms. The van der Waals surface area contributed by atoms with E-state index in [2.05, 4.69) is 30.6 Å². The molecule has 0 unspecified atom stereocenters. The van der Waals surface area contributed by atoms with Crippen molar-refractivity contribution in [3.05, 3.63) is 104 Å². The van der Waals surface area contributed by atoms with Crippen LogP contribution in [0.25, 0.3) is 34.2 Å². The van der Waals surface area contributed by atoms with E-state index in [-0.39, 0.29) is 45.4 Å². The first kappa shape index (κ1) is 39.5. The molecule has 0 atom stereocenters. The number of nitro groups is 2. The van der Waals surface area contributed by atoms with Crippen LogP contribution < -0.4 is 10.6 Å². The minimum Gasteiger partial charge on any atom is -0.333 e. The molecule has 0 aliphatic heterocycles. The third kappa shape index (κ3) is 9.54. The molecule has 0 radical (unpaired) electrons. The Kier molecular flexibility index (Phi) is 11.2. The van der Waals surface area contributed by atoms with E-state index in [1.54, 1.807) is 0 Å². The smallest absolute Gasteiger partial charge is 0.295 e. The Morgan fingerprint density at radius 2 is 1.05 bits per heavy atom. The summed E-state index contributed by atoms with van der Waals surface area (Å²) < 4.78 is 69.1. The molecular formula is C32H24N8O12S4. The van der Waals surface area contributed by atoms with E-state index in [9.17, 15) is 55.8 Å².